The number of rotatable bonds is 17. The van der Waals surface area contributed by atoms with Crippen molar-refractivity contribution in [1.82, 2.24) is 25.1 Å². The summed E-state index contributed by atoms with van der Waals surface area (Å²) in [6, 6.07) is 26.1. The van der Waals surface area contributed by atoms with E-state index in [2.05, 4.69) is 36.9 Å². The normalized spacial score (nSPS) is 16.7. The molecule has 17 heteroatoms. The van der Waals surface area contributed by atoms with E-state index in [9.17, 15) is 19.2 Å². The van der Waals surface area contributed by atoms with E-state index in [1.54, 1.807) is 29.2 Å². The number of hydrogen-bond acceptors (Lipinski definition) is 15. The fraction of sp³-hybridized carbons (Fsp3) is 0.472. The molecule has 70 heavy (non-hydrogen) atoms. The molecule has 2 amide bonds. The summed E-state index contributed by atoms with van der Waals surface area (Å²) in [7, 11) is 2.68. The number of ether oxygens (including phenoxy) is 6. The molecule has 2 aliphatic rings. The molecule has 374 valence electrons. The van der Waals surface area contributed by atoms with Crippen LogP contribution < -0.4 is 10.2 Å². The lowest BCUT2D eigenvalue weighted by Gasteiger charge is -2.26. The van der Waals surface area contributed by atoms with Crippen molar-refractivity contribution in [1.29, 1.82) is 0 Å². The maximum atomic E-state index is 13.6. The van der Waals surface area contributed by atoms with Gasteiger partial charge in [0.1, 0.15) is 11.4 Å². The van der Waals surface area contributed by atoms with Crippen molar-refractivity contribution < 1.29 is 47.6 Å². The van der Waals surface area contributed by atoms with Crippen LogP contribution in [0.4, 0.5) is 5.69 Å². The zero-order valence-corrected chi connectivity index (χ0v) is 41.3. The molecule has 0 unspecified atom stereocenters. The molecule has 6 rings (SSSR count). The van der Waals surface area contributed by atoms with Gasteiger partial charge < -0.3 is 38.6 Å². The molecule has 4 aromatic rings. The molecule has 2 aromatic carbocycles. The maximum Gasteiger partial charge on any atom is 0.356 e. The molecule has 0 spiro atoms. The van der Waals surface area contributed by atoms with Crippen molar-refractivity contribution in [3.8, 4) is 11.8 Å². The Hall–Kier alpha value is -5.71. The Labute approximate surface area is 416 Å². The summed E-state index contributed by atoms with van der Waals surface area (Å²) in [5, 5.41) is 3.01. The number of thioether (sulfide) groups is 1. The minimum atomic E-state index is -0.484. The van der Waals surface area contributed by atoms with Crippen LogP contribution in [-0.2, 0) is 57.6 Å². The van der Waals surface area contributed by atoms with Crippen molar-refractivity contribution in [2.75, 3.05) is 110 Å². The number of nitrogens with one attached hydrogen (secondary N) is 1. The lowest BCUT2D eigenvalue weighted by atomic mass is 10.0. The number of fused-ring (bicyclic) bond motifs is 2. The monoisotopic (exact) mass is 978 g/mol. The average molecular weight is 979 g/mol. The van der Waals surface area contributed by atoms with E-state index in [1.807, 2.05) is 72.4 Å². The van der Waals surface area contributed by atoms with Gasteiger partial charge in [-0.1, -0.05) is 60.7 Å². The number of benzene rings is 2. The topological polar surface area (TPSA) is 171 Å². The number of hydrogen-bond donors (Lipinski definition) is 1. The van der Waals surface area contributed by atoms with Crippen LogP contribution in [0.5, 0.6) is 0 Å². The molecule has 0 bridgehead atoms. The summed E-state index contributed by atoms with van der Waals surface area (Å²) in [5.41, 5.74) is 5.41. The lowest BCUT2D eigenvalue weighted by Crippen LogP contribution is -2.35. The quantitative estimate of drug-likeness (QED) is 0.0793. The molecule has 0 aliphatic carbocycles. The number of aromatic nitrogens is 2. The van der Waals surface area contributed by atoms with Crippen LogP contribution >= 0.6 is 11.8 Å². The Morgan fingerprint density at radius 2 is 1.27 bits per heavy atom. The Balaban J connectivity index is 0.959. The van der Waals surface area contributed by atoms with Crippen molar-refractivity contribution in [3.63, 3.8) is 0 Å². The first-order chi connectivity index (χ1) is 34.3. The van der Waals surface area contributed by atoms with E-state index in [0.717, 1.165) is 64.5 Å². The van der Waals surface area contributed by atoms with E-state index < -0.39 is 11.9 Å². The van der Waals surface area contributed by atoms with Crippen molar-refractivity contribution in [3.05, 3.63) is 124 Å². The number of amides is 2. The number of anilines is 1. The third-order valence-corrected chi connectivity index (χ3v) is 12.8. The van der Waals surface area contributed by atoms with Crippen LogP contribution in [0.3, 0.4) is 0 Å². The van der Waals surface area contributed by atoms with Crippen molar-refractivity contribution >= 4 is 41.2 Å². The Morgan fingerprint density at radius 1 is 0.671 bits per heavy atom. The number of methoxy groups -OCH3 is 2. The van der Waals surface area contributed by atoms with Gasteiger partial charge in [0, 0.05) is 75.5 Å². The fourth-order valence-corrected chi connectivity index (χ4v) is 8.81. The Bertz CT molecular complexity index is 2360. The van der Waals surface area contributed by atoms with Crippen molar-refractivity contribution in [2.24, 2.45) is 0 Å². The first-order valence-corrected chi connectivity index (χ1v) is 25.2. The standard InChI is InChI=1S/C53H66N6O10S/c1-64-52(62)47-17-10-15-44(55-47)37-57-25-29-66-33-34-67-30-26-58(38-45-16-11-18-48(56-45)53(63)65-2)28-32-69-46(39-68-31-27-57)40-70-35-9-3-8-24-54-50(60)22-23-51(61)59-36-43-14-5-4-12-41(43)20-21-42-13-6-7-19-49(42)59/h4-7,10-19,46H,3,8-9,22-40H2,1-2H3,(H,54,60)/t46-/m0/s1. The molecule has 1 fully saturated rings. The third-order valence-electron chi connectivity index (χ3n) is 11.6. The van der Waals surface area contributed by atoms with Crippen molar-refractivity contribution in [2.45, 2.75) is 57.8 Å². The highest BCUT2D eigenvalue weighted by Crippen LogP contribution is 2.26. The second-order valence-electron chi connectivity index (χ2n) is 16.7. The summed E-state index contributed by atoms with van der Waals surface area (Å²) in [4.78, 5) is 65.9. The molecule has 1 N–H and O–H groups in total. The number of carbonyl (C=O) groups excluding carboxylic acids is 4. The fourth-order valence-electron chi connectivity index (χ4n) is 7.78. The molecule has 0 radical (unpaired) electrons. The molecular formula is C53H66N6O10S. The highest BCUT2D eigenvalue weighted by atomic mass is 32.2. The zero-order valence-electron chi connectivity index (χ0n) is 40.4. The van der Waals surface area contributed by atoms with Gasteiger partial charge in [-0.3, -0.25) is 19.4 Å². The number of para-hydroxylation sites is 1. The van der Waals surface area contributed by atoms with Crippen LogP contribution in [0.25, 0.3) is 0 Å². The van der Waals surface area contributed by atoms with Gasteiger partial charge in [-0.15, -0.1) is 0 Å². The smallest absolute Gasteiger partial charge is 0.356 e. The highest BCUT2D eigenvalue weighted by Gasteiger charge is 2.22. The van der Waals surface area contributed by atoms with Gasteiger partial charge in [-0.2, -0.15) is 11.8 Å². The molecule has 4 heterocycles. The molecular weight excluding hydrogens is 913 g/mol. The first kappa shape index (κ1) is 53.6. The SMILES string of the molecule is COC(=O)c1cccc(CN2CCOCCOCCN(Cc3cccc(C(=O)OC)n3)CCO[C@H](CSCCCCCNC(=O)CCC(=O)N3Cc4ccccc4C#Cc4ccccc43)COCC2)n1. The molecule has 1 atom stereocenters. The molecule has 1 saturated heterocycles. The largest absolute Gasteiger partial charge is 0.464 e. The predicted molar refractivity (Wildman–Crippen MR) is 267 cm³/mol. The van der Waals surface area contributed by atoms with Gasteiger partial charge in [-0.25, -0.2) is 19.6 Å². The van der Waals surface area contributed by atoms with Gasteiger partial charge in [-0.05, 0) is 66.6 Å². The summed E-state index contributed by atoms with van der Waals surface area (Å²) in [6.07, 6.45) is 2.79. The number of carbonyl (C=O) groups is 4. The van der Waals surface area contributed by atoms with Gasteiger partial charge in [0.15, 0.2) is 0 Å². The van der Waals surface area contributed by atoms with Crippen LogP contribution in [-0.4, -0.2) is 154 Å². The minimum Gasteiger partial charge on any atom is -0.464 e. The second-order valence-corrected chi connectivity index (χ2v) is 17.9. The number of nitrogens with zero attached hydrogens (tertiary/aromatic N) is 5. The number of esters is 2. The lowest BCUT2D eigenvalue weighted by molar-refractivity contribution is -0.125. The third kappa shape index (κ3) is 18.2. The summed E-state index contributed by atoms with van der Waals surface area (Å²) >= 11 is 1.81. The van der Waals surface area contributed by atoms with Crippen LogP contribution in [0.2, 0.25) is 0 Å². The zero-order chi connectivity index (χ0) is 49.2. The molecule has 2 aromatic heterocycles. The van der Waals surface area contributed by atoms with E-state index in [1.165, 1.54) is 14.2 Å². The maximum absolute atomic E-state index is 13.6. The van der Waals surface area contributed by atoms with Gasteiger partial charge in [0.05, 0.1) is 90.2 Å². The Kier molecular flexibility index (Phi) is 23.1. The highest BCUT2D eigenvalue weighted by molar-refractivity contribution is 7.99. The van der Waals surface area contributed by atoms with Crippen LogP contribution in [0.15, 0.2) is 84.9 Å². The molecule has 2 aliphatic heterocycles. The first-order valence-electron chi connectivity index (χ1n) is 24.0. The summed E-state index contributed by atoms with van der Waals surface area (Å²) in [6.45, 7) is 7.52. The van der Waals surface area contributed by atoms with Crippen LogP contribution in [0.1, 0.15) is 81.2 Å². The number of unbranched alkanes of at least 4 members (excludes halogenated alkanes) is 2. The van der Waals surface area contributed by atoms with Crippen LogP contribution in [0, 0.1) is 11.8 Å². The van der Waals surface area contributed by atoms with Gasteiger partial charge >= 0.3 is 11.9 Å². The van der Waals surface area contributed by atoms with E-state index in [4.69, 9.17) is 28.4 Å². The van der Waals surface area contributed by atoms with Gasteiger partial charge in [0.2, 0.25) is 11.8 Å². The molecule has 16 nitrogen and oxygen atoms in total. The van der Waals surface area contributed by atoms with E-state index in [0.29, 0.717) is 98.6 Å². The second kappa shape index (κ2) is 30.1. The van der Waals surface area contributed by atoms with E-state index >= 15 is 0 Å². The molecule has 0 saturated carbocycles. The van der Waals surface area contributed by atoms with Gasteiger partial charge in [0.25, 0.3) is 0 Å². The predicted octanol–water partition coefficient (Wildman–Crippen LogP) is 5.55. The summed E-state index contributed by atoms with van der Waals surface area (Å²) in [5.74, 6) is 6.90. The summed E-state index contributed by atoms with van der Waals surface area (Å²) < 4.78 is 34.5. The number of pyridine rings is 2. The van der Waals surface area contributed by atoms with E-state index in [-0.39, 0.29) is 42.1 Å². The minimum absolute atomic E-state index is 0.103. The Morgan fingerprint density at radius 3 is 1.94 bits per heavy atom. The average Bonchev–Trinajstić information content (AvgIpc) is 3.37.